The second-order valence-corrected chi connectivity index (χ2v) is 5.13. The maximum absolute atomic E-state index is 12.9. The summed E-state index contributed by atoms with van der Waals surface area (Å²) in [6.07, 6.45) is 1.55. The molecular formula is C17H12ClFN2O2. The molecule has 3 rings (SSSR count). The average Bonchev–Trinajstić information content (AvgIpc) is 2.53. The fraction of sp³-hybridized carbons (Fsp3) is 0.0588. The van der Waals surface area contributed by atoms with Gasteiger partial charge in [-0.2, -0.15) is 4.98 Å². The lowest BCUT2D eigenvalue weighted by atomic mass is 10.3. The highest BCUT2D eigenvalue weighted by Crippen LogP contribution is 2.28. The third kappa shape index (κ3) is 3.96. The summed E-state index contributed by atoms with van der Waals surface area (Å²) >= 11 is 5.84. The zero-order chi connectivity index (χ0) is 16.2. The molecule has 0 bridgehead atoms. The number of nitrogens with zero attached hydrogens (tertiary/aromatic N) is 2. The van der Waals surface area contributed by atoms with E-state index in [-0.39, 0.29) is 5.82 Å². The van der Waals surface area contributed by atoms with Gasteiger partial charge in [-0.1, -0.05) is 11.6 Å². The fourth-order valence-corrected chi connectivity index (χ4v) is 2.00. The van der Waals surface area contributed by atoms with E-state index in [4.69, 9.17) is 21.1 Å². The van der Waals surface area contributed by atoms with Gasteiger partial charge in [0, 0.05) is 23.9 Å². The molecule has 116 valence electrons. The lowest BCUT2D eigenvalue weighted by Gasteiger charge is -2.10. The normalized spacial score (nSPS) is 10.4. The molecule has 0 aliphatic rings. The van der Waals surface area contributed by atoms with Gasteiger partial charge in [0.2, 0.25) is 11.8 Å². The van der Waals surface area contributed by atoms with Crippen LogP contribution in [-0.2, 0) is 0 Å². The van der Waals surface area contributed by atoms with Gasteiger partial charge in [-0.25, -0.2) is 9.37 Å². The Morgan fingerprint density at radius 1 is 0.957 bits per heavy atom. The Morgan fingerprint density at radius 2 is 1.74 bits per heavy atom. The summed E-state index contributed by atoms with van der Waals surface area (Å²) in [5.74, 6) is 1.43. The highest BCUT2D eigenvalue weighted by molar-refractivity contribution is 6.29. The Kier molecular flexibility index (Phi) is 4.39. The molecule has 3 aromatic rings. The van der Waals surface area contributed by atoms with Crippen LogP contribution in [0.1, 0.15) is 5.56 Å². The molecular weight excluding hydrogens is 319 g/mol. The molecule has 23 heavy (non-hydrogen) atoms. The van der Waals surface area contributed by atoms with Gasteiger partial charge in [-0.05, 0) is 43.3 Å². The lowest BCUT2D eigenvalue weighted by molar-refractivity contribution is 0.423. The van der Waals surface area contributed by atoms with E-state index in [9.17, 15) is 4.39 Å². The molecule has 0 saturated heterocycles. The number of ether oxygens (including phenoxy) is 2. The van der Waals surface area contributed by atoms with Gasteiger partial charge in [-0.3, -0.25) is 0 Å². The molecule has 0 saturated carbocycles. The zero-order valence-corrected chi connectivity index (χ0v) is 12.9. The summed E-state index contributed by atoms with van der Waals surface area (Å²) in [4.78, 5) is 8.21. The molecule has 0 unspecified atom stereocenters. The number of benzene rings is 1. The Morgan fingerprint density at radius 3 is 2.48 bits per heavy atom. The van der Waals surface area contributed by atoms with E-state index in [1.54, 1.807) is 24.4 Å². The number of pyridine rings is 2. The van der Waals surface area contributed by atoms with Crippen molar-refractivity contribution < 1.29 is 13.9 Å². The van der Waals surface area contributed by atoms with E-state index in [2.05, 4.69) is 9.97 Å². The van der Waals surface area contributed by atoms with E-state index >= 15 is 0 Å². The highest BCUT2D eigenvalue weighted by Gasteiger charge is 2.08. The highest BCUT2D eigenvalue weighted by atomic mass is 35.5. The first-order chi connectivity index (χ1) is 11.1. The summed E-state index contributed by atoms with van der Waals surface area (Å²) in [6, 6.07) is 12.5. The second kappa shape index (κ2) is 6.62. The van der Waals surface area contributed by atoms with Crippen molar-refractivity contribution in [1.29, 1.82) is 0 Å². The molecule has 2 aromatic heterocycles. The first kappa shape index (κ1) is 15.2. The van der Waals surface area contributed by atoms with E-state index in [0.29, 0.717) is 28.4 Å². The topological polar surface area (TPSA) is 44.2 Å². The van der Waals surface area contributed by atoms with Gasteiger partial charge in [0.25, 0.3) is 0 Å². The van der Waals surface area contributed by atoms with Crippen molar-refractivity contribution in [2.75, 3.05) is 0 Å². The molecule has 0 atom stereocenters. The van der Waals surface area contributed by atoms with Crippen molar-refractivity contribution in [1.82, 2.24) is 9.97 Å². The molecule has 2 heterocycles. The lowest BCUT2D eigenvalue weighted by Crippen LogP contribution is -1.95. The van der Waals surface area contributed by atoms with Crippen LogP contribution in [-0.4, -0.2) is 9.97 Å². The van der Waals surface area contributed by atoms with E-state index in [1.807, 2.05) is 13.0 Å². The van der Waals surface area contributed by atoms with Gasteiger partial charge in [0.1, 0.15) is 22.5 Å². The van der Waals surface area contributed by atoms with E-state index in [0.717, 1.165) is 5.56 Å². The van der Waals surface area contributed by atoms with Crippen molar-refractivity contribution >= 4 is 11.6 Å². The Bertz CT molecular complexity index is 825. The van der Waals surface area contributed by atoms with Crippen molar-refractivity contribution in [3.63, 3.8) is 0 Å². The average molecular weight is 331 g/mol. The SMILES string of the molecule is Cc1ccc(Oc2ccc(F)cc2)nc1Oc1ccnc(Cl)c1. The number of aromatic nitrogens is 2. The Labute approximate surface area is 137 Å². The van der Waals surface area contributed by atoms with Crippen LogP contribution in [0, 0.1) is 12.7 Å². The van der Waals surface area contributed by atoms with Crippen LogP contribution < -0.4 is 9.47 Å². The monoisotopic (exact) mass is 330 g/mol. The summed E-state index contributed by atoms with van der Waals surface area (Å²) in [7, 11) is 0. The summed E-state index contributed by atoms with van der Waals surface area (Å²) in [5.41, 5.74) is 0.837. The van der Waals surface area contributed by atoms with Gasteiger partial charge in [-0.15, -0.1) is 0 Å². The number of rotatable bonds is 4. The van der Waals surface area contributed by atoms with Crippen LogP contribution in [0.25, 0.3) is 0 Å². The summed E-state index contributed by atoms with van der Waals surface area (Å²) in [5, 5.41) is 0.332. The van der Waals surface area contributed by atoms with Crippen LogP contribution in [0.2, 0.25) is 5.15 Å². The summed E-state index contributed by atoms with van der Waals surface area (Å²) < 4.78 is 24.2. The molecule has 0 spiro atoms. The van der Waals surface area contributed by atoms with Crippen LogP contribution in [0.15, 0.2) is 54.7 Å². The Hall–Kier alpha value is -2.66. The predicted molar refractivity (Wildman–Crippen MR) is 84.8 cm³/mol. The molecule has 0 radical (unpaired) electrons. The van der Waals surface area contributed by atoms with Gasteiger partial charge in [0.15, 0.2) is 0 Å². The predicted octanol–water partition coefficient (Wildman–Crippen LogP) is 5.16. The molecule has 0 fully saturated rings. The van der Waals surface area contributed by atoms with Crippen LogP contribution in [0.3, 0.4) is 0 Å². The zero-order valence-electron chi connectivity index (χ0n) is 12.2. The standard InChI is InChI=1S/C17H12ClFN2O2/c1-11-2-7-16(22-13-5-3-12(19)4-6-13)21-17(11)23-14-8-9-20-15(18)10-14/h2-10H,1H3. The molecule has 1 aromatic carbocycles. The van der Waals surface area contributed by atoms with Crippen molar-refractivity contribution in [2.45, 2.75) is 6.92 Å². The van der Waals surface area contributed by atoms with Gasteiger partial charge >= 0.3 is 0 Å². The van der Waals surface area contributed by atoms with E-state index in [1.165, 1.54) is 24.3 Å². The van der Waals surface area contributed by atoms with Crippen LogP contribution in [0.5, 0.6) is 23.3 Å². The number of aryl methyl sites for hydroxylation is 1. The maximum Gasteiger partial charge on any atom is 0.225 e. The molecule has 4 nitrogen and oxygen atoms in total. The quantitative estimate of drug-likeness (QED) is 0.620. The third-order valence-electron chi connectivity index (χ3n) is 2.97. The van der Waals surface area contributed by atoms with E-state index < -0.39 is 0 Å². The number of hydrogen-bond acceptors (Lipinski definition) is 4. The Balaban J connectivity index is 1.82. The first-order valence-corrected chi connectivity index (χ1v) is 7.18. The first-order valence-electron chi connectivity index (χ1n) is 6.80. The van der Waals surface area contributed by atoms with Crippen LogP contribution >= 0.6 is 11.6 Å². The fourth-order valence-electron chi connectivity index (χ4n) is 1.84. The van der Waals surface area contributed by atoms with Crippen molar-refractivity contribution in [3.8, 4) is 23.3 Å². The second-order valence-electron chi connectivity index (χ2n) is 4.74. The minimum Gasteiger partial charge on any atom is -0.439 e. The van der Waals surface area contributed by atoms with Crippen molar-refractivity contribution in [2.24, 2.45) is 0 Å². The maximum atomic E-state index is 12.9. The minimum absolute atomic E-state index is 0.326. The molecule has 0 amide bonds. The third-order valence-corrected chi connectivity index (χ3v) is 3.18. The molecule has 0 aliphatic carbocycles. The van der Waals surface area contributed by atoms with Gasteiger partial charge in [0.05, 0.1) is 0 Å². The summed E-state index contributed by atoms with van der Waals surface area (Å²) in [6.45, 7) is 1.87. The smallest absolute Gasteiger partial charge is 0.225 e. The largest absolute Gasteiger partial charge is 0.439 e. The molecule has 0 aliphatic heterocycles. The van der Waals surface area contributed by atoms with Crippen molar-refractivity contribution in [3.05, 3.63) is 71.3 Å². The molecule has 6 heteroatoms. The number of hydrogen-bond donors (Lipinski definition) is 0. The minimum atomic E-state index is -0.326. The molecule has 0 N–H and O–H groups in total. The van der Waals surface area contributed by atoms with Gasteiger partial charge < -0.3 is 9.47 Å². The van der Waals surface area contributed by atoms with Crippen LogP contribution in [0.4, 0.5) is 4.39 Å². The number of halogens is 2.